The van der Waals surface area contributed by atoms with Gasteiger partial charge in [-0.2, -0.15) is 0 Å². The highest BCUT2D eigenvalue weighted by Crippen LogP contribution is 2.56. The van der Waals surface area contributed by atoms with Crippen molar-refractivity contribution in [2.24, 2.45) is 11.8 Å². The van der Waals surface area contributed by atoms with Crippen molar-refractivity contribution in [2.75, 3.05) is 7.11 Å². The Morgan fingerprint density at radius 3 is 1.88 bits per heavy atom. The largest absolute Gasteiger partial charge is 0.377 e. The lowest BCUT2D eigenvalue weighted by atomic mass is 9.64. The van der Waals surface area contributed by atoms with Gasteiger partial charge in [0.2, 0.25) is 0 Å². The molecule has 16 heavy (non-hydrogen) atoms. The molecule has 1 fully saturated rings. The lowest BCUT2D eigenvalue weighted by Gasteiger charge is -2.57. The Morgan fingerprint density at radius 1 is 1.12 bits per heavy atom. The average molecular weight is 224 g/mol. The standard InChI is InChI=1S/C14H24O2/c1-7-14(15-6)10(2)12(4)8-9-13(5,16-12)11(14)3/h8-11H,7H2,1-6H3/t10-,11+,12+,13-,14?. The first kappa shape index (κ1) is 12.1. The molecule has 2 nitrogen and oxygen atoms in total. The molecule has 0 radical (unpaired) electrons. The number of methoxy groups -OCH3 is 1. The van der Waals surface area contributed by atoms with Gasteiger partial charge in [0, 0.05) is 18.9 Å². The summed E-state index contributed by atoms with van der Waals surface area (Å²) in [6.45, 7) is 11.1. The topological polar surface area (TPSA) is 18.5 Å². The Labute approximate surface area is 99.0 Å². The Kier molecular flexibility index (Phi) is 2.52. The number of fused-ring (bicyclic) bond motifs is 2. The minimum atomic E-state index is -0.173. The minimum absolute atomic E-state index is 0.0781. The van der Waals surface area contributed by atoms with Crippen molar-refractivity contribution in [2.45, 2.75) is 57.8 Å². The Bertz CT molecular complexity index is 293. The summed E-state index contributed by atoms with van der Waals surface area (Å²) in [7, 11) is 1.84. The van der Waals surface area contributed by atoms with Crippen LogP contribution in [0, 0.1) is 11.8 Å². The minimum Gasteiger partial charge on any atom is -0.377 e. The van der Waals surface area contributed by atoms with Gasteiger partial charge in [-0.05, 0) is 20.3 Å². The molecule has 2 aliphatic heterocycles. The molecule has 2 rings (SSSR count). The lowest BCUT2D eigenvalue weighted by Crippen LogP contribution is -2.64. The lowest BCUT2D eigenvalue weighted by molar-refractivity contribution is -0.261. The molecule has 2 heterocycles. The number of ether oxygens (including phenoxy) is 2. The van der Waals surface area contributed by atoms with Crippen LogP contribution in [0.15, 0.2) is 12.2 Å². The van der Waals surface area contributed by atoms with Crippen LogP contribution in [0.25, 0.3) is 0 Å². The molecule has 0 N–H and O–H groups in total. The maximum atomic E-state index is 6.26. The Hall–Kier alpha value is -0.340. The van der Waals surface area contributed by atoms with Crippen molar-refractivity contribution in [3.05, 3.63) is 12.2 Å². The highest BCUT2D eigenvalue weighted by Gasteiger charge is 2.62. The predicted octanol–water partition coefficient (Wildman–Crippen LogP) is 3.17. The fourth-order valence-electron chi connectivity index (χ4n) is 3.79. The summed E-state index contributed by atoms with van der Waals surface area (Å²) in [5.74, 6) is 0.744. The normalized spacial score (nSPS) is 55.6. The van der Waals surface area contributed by atoms with Gasteiger partial charge in [-0.3, -0.25) is 0 Å². The van der Waals surface area contributed by atoms with Crippen LogP contribution in [0.4, 0.5) is 0 Å². The molecule has 0 spiro atoms. The van der Waals surface area contributed by atoms with Gasteiger partial charge >= 0.3 is 0 Å². The average Bonchev–Trinajstić information content (AvgIpc) is 2.56. The number of hydrogen-bond acceptors (Lipinski definition) is 2. The summed E-state index contributed by atoms with van der Waals surface area (Å²) in [5, 5.41) is 0. The van der Waals surface area contributed by atoms with Crippen LogP contribution in [0.3, 0.4) is 0 Å². The monoisotopic (exact) mass is 224 g/mol. The summed E-state index contributed by atoms with van der Waals surface area (Å²) in [4.78, 5) is 0. The molecular formula is C14H24O2. The zero-order valence-corrected chi connectivity index (χ0v) is 11.3. The van der Waals surface area contributed by atoms with Gasteiger partial charge < -0.3 is 9.47 Å². The second kappa shape index (κ2) is 3.33. The number of rotatable bonds is 2. The molecule has 92 valence electrons. The van der Waals surface area contributed by atoms with Gasteiger partial charge in [0.1, 0.15) is 0 Å². The molecule has 0 aromatic carbocycles. The van der Waals surface area contributed by atoms with Gasteiger partial charge in [-0.1, -0.05) is 32.9 Å². The maximum Gasteiger partial charge on any atom is 0.0900 e. The van der Waals surface area contributed by atoms with E-state index >= 15 is 0 Å². The van der Waals surface area contributed by atoms with Crippen LogP contribution in [-0.4, -0.2) is 23.9 Å². The van der Waals surface area contributed by atoms with Gasteiger partial charge in [0.25, 0.3) is 0 Å². The van der Waals surface area contributed by atoms with Crippen LogP contribution in [0.1, 0.15) is 41.0 Å². The number of hydrogen-bond donors (Lipinski definition) is 0. The molecule has 0 aliphatic carbocycles. The van der Waals surface area contributed by atoms with Crippen molar-refractivity contribution in [1.29, 1.82) is 0 Å². The van der Waals surface area contributed by atoms with Crippen LogP contribution in [0.2, 0.25) is 0 Å². The van der Waals surface area contributed by atoms with Crippen molar-refractivity contribution < 1.29 is 9.47 Å². The van der Waals surface area contributed by atoms with Crippen LogP contribution in [-0.2, 0) is 9.47 Å². The van der Waals surface area contributed by atoms with Gasteiger partial charge in [0.05, 0.1) is 16.8 Å². The molecule has 5 atom stereocenters. The summed E-state index contributed by atoms with van der Waals surface area (Å²) >= 11 is 0. The summed E-state index contributed by atoms with van der Waals surface area (Å²) < 4.78 is 12.2. The van der Waals surface area contributed by atoms with E-state index in [-0.39, 0.29) is 16.8 Å². The summed E-state index contributed by atoms with van der Waals surface area (Å²) in [6, 6.07) is 0. The first-order chi connectivity index (χ1) is 7.34. The quantitative estimate of drug-likeness (QED) is 0.671. The summed E-state index contributed by atoms with van der Waals surface area (Å²) in [6.07, 6.45) is 5.48. The van der Waals surface area contributed by atoms with Crippen molar-refractivity contribution >= 4 is 0 Å². The van der Waals surface area contributed by atoms with Crippen molar-refractivity contribution in [1.82, 2.24) is 0 Å². The first-order valence-electron chi connectivity index (χ1n) is 6.30. The molecular weight excluding hydrogens is 200 g/mol. The second-order valence-electron chi connectivity index (χ2n) is 5.76. The molecule has 2 heteroatoms. The molecule has 1 saturated heterocycles. The van der Waals surface area contributed by atoms with Crippen LogP contribution < -0.4 is 0 Å². The van der Waals surface area contributed by atoms with E-state index < -0.39 is 0 Å². The van der Waals surface area contributed by atoms with Crippen LogP contribution >= 0.6 is 0 Å². The van der Waals surface area contributed by atoms with E-state index in [4.69, 9.17) is 9.47 Å². The zero-order valence-electron chi connectivity index (χ0n) is 11.3. The van der Waals surface area contributed by atoms with E-state index in [1.165, 1.54) is 0 Å². The first-order valence-corrected chi connectivity index (χ1v) is 6.30. The molecule has 0 aromatic heterocycles. The fraction of sp³-hybridized carbons (Fsp3) is 0.857. The highest BCUT2D eigenvalue weighted by molar-refractivity contribution is 5.27. The molecule has 0 saturated carbocycles. The molecule has 2 aliphatic rings. The van der Waals surface area contributed by atoms with E-state index in [2.05, 4.69) is 46.8 Å². The van der Waals surface area contributed by atoms with Crippen LogP contribution in [0.5, 0.6) is 0 Å². The Balaban J connectivity index is 2.50. The maximum absolute atomic E-state index is 6.26. The third-order valence-electron chi connectivity index (χ3n) is 5.30. The van der Waals surface area contributed by atoms with E-state index in [0.29, 0.717) is 11.8 Å². The van der Waals surface area contributed by atoms with E-state index in [0.717, 1.165) is 6.42 Å². The second-order valence-corrected chi connectivity index (χ2v) is 5.76. The van der Waals surface area contributed by atoms with Gasteiger partial charge in [0.15, 0.2) is 0 Å². The molecule has 0 aromatic rings. The third-order valence-corrected chi connectivity index (χ3v) is 5.30. The molecule has 1 unspecified atom stereocenters. The van der Waals surface area contributed by atoms with Crippen molar-refractivity contribution in [3.63, 3.8) is 0 Å². The molecule has 2 bridgehead atoms. The van der Waals surface area contributed by atoms with E-state index in [9.17, 15) is 0 Å². The van der Waals surface area contributed by atoms with E-state index in [1.54, 1.807) is 0 Å². The highest BCUT2D eigenvalue weighted by atomic mass is 16.5. The zero-order chi connectivity index (χ0) is 12.2. The van der Waals surface area contributed by atoms with Crippen molar-refractivity contribution in [3.8, 4) is 0 Å². The van der Waals surface area contributed by atoms with Gasteiger partial charge in [-0.15, -0.1) is 0 Å². The summed E-state index contributed by atoms with van der Waals surface area (Å²) in [5.41, 5.74) is -0.425. The van der Waals surface area contributed by atoms with Gasteiger partial charge in [-0.25, -0.2) is 0 Å². The third kappa shape index (κ3) is 1.20. The SMILES string of the molecule is CCC1(OC)[C@@H](C)[C@@]2(C)C=C[C@](C)(O2)[C@H]1C. The smallest absolute Gasteiger partial charge is 0.0900 e. The Morgan fingerprint density at radius 2 is 1.56 bits per heavy atom. The fourth-order valence-corrected chi connectivity index (χ4v) is 3.79. The van der Waals surface area contributed by atoms with E-state index in [1.807, 2.05) is 7.11 Å². The predicted molar refractivity (Wildman–Crippen MR) is 65.4 cm³/mol. The molecule has 0 amide bonds.